The van der Waals surface area contributed by atoms with Gasteiger partial charge in [0.1, 0.15) is 11.6 Å². The fraction of sp³-hybridized carbons (Fsp3) is 0.500. The molecule has 7 nitrogen and oxygen atoms in total. The van der Waals surface area contributed by atoms with Crippen molar-refractivity contribution in [1.82, 2.24) is 15.3 Å². The van der Waals surface area contributed by atoms with E-state index in [1.165, 1.54) is 56.2 Å². The molecule has 0 amide bonds. The summed E-state index contributed by atoms with van der Waals surface area (Å²) in [6.45, 7) is 9.00. The van der Waals surface area contributed by atoms with Crippen molar-refractivity contribution in [2.24, 2.45) is 5.92 Å². The van der Waals surface area contributed by atoms with Crippen LogP contribution in [0.2, 0.25) is 0 Å². The van der Waals surface area contributed by atoms with Gasteiger partial charge in [0.05, 0.1) is 0 Å². The molecule has 0 unspecified atom stereocenters. The molecule has 3 aromatic rings. The summed E-state index contributed by atoms with van der Waals surface area (Å²) in [6, 6.07) is 23.8. The van der Waals surface area contributed by atoms with Gasteiger partial charge < -0.3 is 25.3 Å². The number of nitrogens with one attached hydrogen (secondary N) is 2. The number of hydrogen-bond donors (Lipinski definition) is 2. The number of piperazine rings is 1. The molecule has 0 spiro atoms. The number of piperidine rings is 1. The summed E-state index contributed by atoms with van der Waals surface area (Å²) in [5.41, 5.74) is 2.81. The molecule has 0 radical (unpaired) electrons. The Labute approximate surface area is 256 Å². The van der Waals surface area contributed by atoms with Gasteiger partial charge in [-0.2, -0.15) is 9.97 Å². The number of rotatable bonds is 7. The minimum atomic E-state index is 0.113. The van der Waals surface area contributed by atoms with Crippen LogP contribution >= 0.6 is 12.2 Å². The molecule has 2 N–H and O–H groups in total. The quantitative estimate of drug-likeness (QED) is 0.318. The second-order valence-corrected chi connectivity index (χ2v) is 12.8. The summed E-state index contributed by atoms with van der Waals surface area (Å²) in [6.07, 6.45) is 8.60. The molecule has 3 aliphatic rings. The predicted molar refractivity (Wildman–Crippen MR) is 179 cm³/mol. The fourth-order valence-electron chi connectivity index (χ4n) is 6.86. The zero-order chi connectivity index (χ0) is 28.8. The van der Waals surface area contributed by atoms with E-state index in [4.69, 9.17) is 22.2 Å². The van der Waals surface area contributed by atoms with Crippen LogP contribution in [0.4, 0.5) is 23.3 Å². The maximum absolute atomic E-state index is 5.85. The Kier molecular flexibility index (Phi) is 9.08. The van der Waals surface area contributed by atoms with Crippen LogP contribution in [-0.4, -0.2) is 60.9 Å². The summed E-state index contributed by atoms with van der Waals surface area (Å²) >= 11 is 5.85. The SMILES string of the molecule is CC1CCN(c2cc(N3CCN(c4ccccc4)CC3)nc(NC(=S)NCC3(c4ccccc4)CCCCC3)n2)CC1. The Morgan fingerprint density at radius 1 is 0.786 bits per heavy atom. The van der Waals surface area contributed by atoms with Crippen molar-refractivity contribution in [3.05, 3.63) is 72.3 Å². The van der Waals surface area contributed by atoms with Gasteiger partial charge in [-0.05, 0) is 61.5 Å². The van der Waals surface area contributed by atoms with Crippen LogP contribution in [0.5, 0.6) is 0 Å². The van der Waals surface area contributed by atoms with Crippen molar-refractivity contribution >= 4 is 40.6 Å². The molecule has 2 aliphatic heterocycles. The van der Waals surface area contributed by atoms with Crippen LogP contribution in [0.25, 0.3) is 0 Å². The van der Waals surface area contributed by atoms with E-state index in [0.29, 0.717) is 11.1 Å². The Hall–Kier alpha value is -3.39. The van der Waals surface area contributed by atoms with Gasteiger partial charge in [0.2, 0.25) is 5.95 Å². The first-order valence-corrected chi connectivity index (χ1v) is 16.3. The molecule has 8 heteroatoms. The van der Waals surface area contributed by atoms with Gasteiger partial charge in [0.25, 0.3) is 0 Å². The standard InChI is InChI=1S/C34H45N7S/c1-27-15-19-40(20-16-27)30-25-31(41-23-21-39(22-24-41)29-13-7-3-8-14-29)37-32(36-30)38-33(42)35-26-34(17-9-4-10-18-34)28-11-5-2-6-12-28/h2-3,5-8,11-14,25,27H,4,9-10,15-24,26H2,1H3,(H2,35,36,37,38,42). The van der Waals surface area contributed by atoms with Gasteiger partial charge in [-0.25, -0.2) is 0 Å². The van der Waals surface area contributed by atoms with Crippen LogP contribution in [0.15, 0.2) is 66.7 Å². The van der Waals surface area contributed by atoms with E-state index < -0.39 is 0 Å². The van der Waals surface area contributed by atoms with Crippen molar-refractivity contribution in [3.8, 4) is 0 Å². The third kappa shape index (κ3) is 6.80. The topological polar surface area (TPSA) is 59.6 Å². The molecule has 222 valence electrons. The lowest BCUT2D eigenvalue weighted by Crippen LogP contribution is -2.47. The normalized spacial score (nSPS) is 19.4. The molecule has 3 fully saturated rings. The highest BCUT2D eigenvalue weighted by molar-refractivity contribution is 7.80. The molecule has 0 atom stereocenters. The Bertz CT molecular complexity index is 1300. The first-order chi connectivity index (χ1) is 20.6. The average molecular weight is 584 g/mol. The maximum Gasteiger partial charge on any atom is 0.232 e. The van der Waals surface area contributed by atoms with Gasteiger partial charge >= 0.3 is 0 Å². The van der Waals surface area contributed by atoms with Crippen molar-refractivity contribution in [3.63, 3.8) is 0 Å². The highest BCUT2D eigenvalue weighted by atomic mass is 32.1. The zero-order valence-electron chi connectivity index (χ0n) is 25.0. The van der Waals surface area contributed by atoms with E-state index in [9.17, 15) is 0 Å². The van der Waals surface area contributed by atoms with Crippen molar-refractivity contribution < 1.29 is 0 Å². The third-order valence-corrected chi connectivity index (χ3v) is 9.79. The number of hydrogen-bond acceptors (Lipinski definition) is 6. The lowest BCUT2D eigenvalue weighted by atomic mass is 9.69. The predicted octanol–water partition coefficient (Wildman–Crippen LogP) is 6.23. The van der Waals surface area contributed by atoms with E-state index in [1.54, 1.807) is 0 Å². The number of thiocarbonyl (C=S) groups is 1. The van der Waals surface area contributed by atoms with Gasteiger partial charge in [0, 0.05) is 63.0 Å². The Morgan fingerprint density at radius 2 is 1.36 bits per heavy atom. The summed E-state index contributed by atoms with van der Waals surface area (Å²) < 4.78 is 0. The molecular weight excluding hydrogens is 538 g/mol. The highest BCUT2D eigenvalue weighted by Crippen LogP contribution is 2.39. The van der Waals surface area contributed by atoms with Crippen LogP contribution in [-0.2, 0) is 5.41 Å². The zero-order valence-corrected chi connectivity index (χ0v) is 25.8. The molecule has 1 aliphatic carbocycles. The van der Waals surface area contributed by atoms with Crippen LogP contribution in [0.1, 0.15) is 57.4 Å². The van der Waals surface area contributed by atoms with Crippen molar-refractivity contribution in [1.29, 1.82) is 0 Å². The lowest BCUT2D eigenvalue weighted by molar-refractivity contribution is 0.292. The van der Waals surface area contributed by atoms with Gasteiger partial charge in [-0.15, -0.1) is 0 Å². The van der Waals surface area contributed by atoms with Crippen molar-refractivity contribution in [2.45, 2.75) is 57.3 Å². The summed E-state index contributed by atoms with van der Waals surface area (Å²) in [5.74, 6) is 3.32. The molecule has 2 saturated heterocycles. The van der Waals surface area contributed by atoms with Crippen molar-refractivity contribution in [2.75, 3.05) is 65.8 Å². The van der Waals surface area contributed by atoms with E-state index >= 15 is 0 Å². The molecule has 6 rings (SSSR count). The second kappa shape index (κ2) is 13.3. The Morgan fingerprint density at radius 3 is 2.00 bits per heavy atom. The lowest BCUT2D eigenvalue weighted by Gasteiger charge is -2.38. The Balaban J connectivity index is 1.17. The van der Waals surface area contributed by atoms with Gasteiger partial charge in [-0.3, -0.25) is 0 Å². The second-order valence-electron chi connectivity index (χ2n) is 12.4. The summed E-state index contributed by atoms with van der Waals surface area (Å²) in [4.78, 5) is 17.3. The summed E-state index contributed by atoms with van der Waals surface area (Å²) in [7, 11) is 0. The van der Waals surface area contributed by atoms with Crippen LogP contribution < -0.4 is 25.3 Å². The van der Waals surface area contributed by atoms with E-state index in [-0.39, 0.29) is 5.41 Å². The number of aromatic nitrogens is 2. The molecular formula is C34H45N7S. The monoisotopic (exact) mass is 583 g/mol. The minimum Gasteiger partial charge on any atom is -0.368 e. The minimum absolute atomic E-state index is 0.113. The molecule has 2 aromatic carbocycles. The number of benzene rings is 2. The average Bonchev–Trinajstić information content (AvgIpc) is 3.05. The molecule has 1 aromatic heterocycles. The smallest absolute Gasteiger partial charge is 0.232 e. The van der Waals surface area contributed by atoms with E-state index in [1.807, 2.05) is 0 Å². The van der Waals surface area contributed by atoms with E-state index in [2.05, 4.69) is 99.0 Å². The highest BCUT2D eigenvalue weighted by Gasteiger charge is 2.34. The number of para-hydroxylation sites is 1. The fourth-order valence-corrected chi connectivity index (χ4v) is 7.02. The van der Waals surface area contributed by atoms with E-state index in [0.717, 1.165) is 63.4 Å². The maximum atomic E-state index is 5.85. The van der Waals surface area contributed by atoms with Gasteiger partial charge in [-0.1, -0.05) is 74.7 Å². The summed E-state index contributed by atoms with van der Waals surface area (Å²) in [5, 5.41) is 7.56. The first-order valence-electron chi connectivity index (χ1n) is 15.9. The first kappa shape index (κ1) is 28.7. The third-order valence-electron chi connectivity index (χ3n) is 9.54. The van der Waals surface area contributed by atoms with Gasteiger partial charge in [0.15, 0.2) is 5.11 Å². The molecule has 3 heterocycles. The molecule has 0 bridgehead atoms. The molecule has 42 heavy (non-hydrogen) atoms. The molecule has 1 saturated carbocycles. The van der Waals surface area contributed by atoms with Crippen LogP contribution in [0.3, 0.4) is 0 Å². The largest absolute Gasteiger partial charge is 0.368 e. The number of nitrogens with zero attached hydrogens (tertiary/aromatic N) is 5. The number of anilines is 4. The van der Waals surface area contributed by atoms with Crippen LogP contribution in [0, 0.1) is 5.92 Å².